The minimum Gasteiger partial charge on any atom is -0.507 e. The standard InChI is InChI=1S/C39H58N2O10/c1-21(2)13-40(14-22(3)4)17-27-32(43)28(18-41(15-23(5)6)16-24(7)8)38-31(33(27)44)34(45)29(20-49-38)25-9-11-26(12-10-25)50-39-37(48)36(47)35(46)30(19-42)51-39/h9-12,20-24,30,35-37,39,42-44,46-48H,13-19H2,1-8H3. The van der Waals surface area contributed by atoms with E-state index in [0.29, 0.717) is 46.9 Å². The predicted octanol–water partition coefficient (Wildman–Crippen LogP) is 4.28. The highest BCUT2D eigenvalue weighted by Gasteiger charge is 2.44. The van der Waals surface area contributed by atoms with Gasteiger partial charge in [-0.05, 0) is 41.4 Å². The van der Waals surface area contributed by atoms with Crippen LogP contribution in [0.2, 0.25) is 0 Å². The third-order valence-corrected chi connectivity index (χ3v) is 8.88. The molecule has 5 unspecified atom stereocenters. The van der Waals surface area contributed by atoms with E-state index in [2.05, 4.69) is 65.2 Å². The summed E-state index contributed by atoms with van der Waals surface area (Å²) in [5.41, 5.74) is 1.08. The summed E-state index contributed by atoms with van der Waals surface area (Å²) in [6.45, 7) is 20.0. The van der Waals surface area contributed by atoms with Crippen molar-refractivity contribution in [3.63, 3.8) is 0 Å². The summed E-state index contributed by atoms with van der Waals surface area (Å²) in [4.78, 5) is 18.8. The summed E-state index contributed by atoms with van der Waals surface area (Å²) < 4.78 is 17.3. The van der Waals surface area contributed by atoms with E-state index in [1.165, 1.54) is 6.26 Å². The van der Waals surface area contributed by atoms with Crippen LogP contribution in [0.25, 0.3) is 22.1 Å². The van der Waals surface area contributed by atoms with Crippen LogP contribution in [0.1, 0.15) is 66.5 Å². The molecule has 1 aliphatic rings. The lowest BCUT2D eigenvalue weighted by molar-refractivity contribution is -0.277. The van der Waals surface area contributed by atoms with Crippen LogP contribution in [-0.2, 0) is 17.8 Å². The van der Waals surface area contributed by atoms with Gasteiger partial charge in [0.15, 0.2) is 0 Å². The number of hydrogen-bond acceptors (Lipinski definition) is 12. The van der Waals surface area contributed by atoms with Crippen molar-refractivity contribution < 1.29 is 44.5 Å². The van der Waals surface area contributed by atoms with Crippen LogP contribution in [0.15, 0.2) is 39.7 Å². The molecular weight excluding hydrogens is 656 g/mol. The maximum atomic E-state index is 14.3. The first kappa shape index (κ1) is 40.5. The largest absolute Gasteiger partial charge is 0.507 e. The highest BCUT2D eigenvalue weighted by Crippen LogP contribution is 2.41. The van der Waals surface area contributed by atoms with E-state index in [4.69, 9.17) is 13.9 Å². The minimum atomic E-state index is -1.59. The molecule has 3 aromatic rings. The fraction of sp³-hybridized carbons (Fsp3) is 0.615. The number of rotatable bonds is 16. The average molecular weight is 715 g/mol. The molecule has 12 nitrogen and oxygen atoms in total. The Morgan fingerprint density at radius 2 is 1.24 bits per heavy atom. The van der Waals surface area contributed by atoms with Gasteiger partial charge in [0, 0.05) is 39.3 Å². The second-order valence-corrected chi connectivity index (χ2v) is 15.6. The second-order valence-electron chi connectivity index (χ2n) is 15.6. The van der Waals surface area contributed by atoms with E-state index >= 15 is 0 Å². The van der Waals surface area contributed by atoms with Crippen LogP contribution in [0.3, 0.4) is 0 Å². The van der Waals surface area contributed by atoms with Crippen LogP contribution in [-0.4, -0.2) is 104 Å². The summed E-state index contributed by atoms with van der Waals surface area (Å²) in [5, 5.41) is 63.7. The zero-order valence-corrected chi connectivity index (χ0v) is 31.2. The van der Waals surface area contributed by atoms with E-state index in [-0.39, 0.29) is 40.3 Å². The molecule has 1 aromatic heterocycles. The second kappa shape index (κ2) is 17.5. The molecule has 0 radical (unpaired) electrons. The van der Waals surface area contributed by atoms with Gasteiger partial charge in [0.25, 0.3) is 0 Å². The first-order valence-electron chi connectivity index (χ1n) is 18.1. The van der Waals surface area contributed by atoms with Crippen molar-refractivity contribution >= 4 is 11.0 Å². The van der Waals surface area contributed by atoms with Crippen molar-refractivity contribution in [2.45, 2.75) is 99.2 Å². The maximum absolute atomic E-state index is 14.3. The van der Waals surface area contributed by atoms with Crippen LogP contribution in [0.5, 0.6) is 17.2 Å². The molecule has 1 fully saturated rings. The van der Waals surface area contributed by atoms with Crippen LogP contribution >= 0.6 is 0 Å². The Morgan fingerprint density at radius 1 is 0.725 bits per heavy atom. The number of aromatic hydroxyl groups is 2. The number of benzene rings is 2. The summed E-state index contributed by atoms with van der Waals surface area (Å²) in [6, 6.07) is 6.30. The van der Waals surface area contributed by atoms with Crippen LogP contribution in [0, 0.1) is 23.7 Å². The van der Waals surface area contributed by atoms with Crippen molar-refractivity contribution in [3.8, 4) is 28.4 Å². The fourth-order valence-corrected chi connectivity index (χ4v) is 6.89. The molecule has 0 spiro atoms. The number of phenols is 2. The minimum absolute atomic E-state index is 0.0000304. The highest BCUT2D eigenvalue weighted by atomic mass is 16.7. The monoisotopic (exact) mass is 714 g/mol. The fourth-order valence-electron chi connectivity index (χ4n) is 6.89. The molecule has 0 bridgehead atoms. The van der Waals surface area contributed by atoms with E-state index in [9.17, 15) is 35.4 Å². The molecule has 1 saturated heterocycles. The molecule has 4 rings (SSSR count). The lowest BCUT2D eigenvalue weighted by Crippen LogP contribution is -2.60. The summed E-state index contributed by atoms with van der Waals surface area (Å²) in [7, 11) is 0. The van der Waals surface area contributed by atoms with Gasteiger partial charge in [-0.1, -0.05) is 67.5 Å². The molecular formula is C39H58N2O10. The van der Waals surface area contributed by atoms with E-state index in [1.54, 1.807) is 24.3 Å². The molecule has 2 heterocycles. The Morgan fingerprint density at radius 3 is 1.73 bits per heavy atom. The normalized spacial score (nSPS) is 21.3. The van der Waals surface area contributed by atoms with Gasteiger partial charge < -0.3 is 44.5 Å². The zero-order chi connectivity index (χ0) is 37.7. The Labute approximate surface area is 300 Å². The number of aliphatic hydroxyl groups is 4. The molecule has 1 aliphatic heterocycles. The van der Waals surface area contributed by atoms with Gasteiger partial charge in [-0.3, -0.25) is 14.6 Å². The Hall–Kier alpha value is -3.23. The molecule has 51 heavy (non-hydrogen) atoms. The Balaban J connectivity index is 1.79. The Bertz CT molecular complexity index is 1620. The van der Waals surface area contributed by atoms with E-state index in [1.807, 2.05) is 0 Å². The van der Waals surface area contributed by atoms with Crippen molar-refractivity contribution in [2.75, 3.05) is 32.8 Å². The zero-order valence-electron chi connectivity index (χ0n) is 31.2. The molecule has 5 atom stereocenters. The highest BCUT2D eigenvalue weighted by molar-refractivity contribution is 5.92. The summed E-state index contributed by atoms with van der Waals surface area (Å²) in [5.74, 6) is 1.24. The number of ether oxygens (including phenoxy) is 2. The smallest absolute Gasteiger partial charge is 0.229 e. The van der Waals surface area contributed by atoms with Crippen molar-refractivity contribution in [1.82, 2.24) is 9.80 Å². The number of hydrogen-bond donors (Lipinski definition) is 6. The van der Waals surface area contributed by atoms with Gasteiger partial charge >= 0.3 is 0 Å². The summed E-state index contributed by atoms with van der Waals surface area (Å²) in [6.07, 6.45) is -5.83. The van der Waals surface area contributed by atoms with Gasteiger partial charge in [0.05, 0.1) is 23.3 Å². The molecule has 0 saturated carbocycles. The predicted molar refractivity (Wildman–Crippen MR) is 196 cm³/mol. The SMILES string of the molecule is CC(C)CN(Cc1c(O)c(CN(CC(C)C)CC(C)C)c2occ(-c3ccc(OC4OC(CO)C(O)C(O)C4O)cc3)c(=O)c2c1O)CC(C)C. The lowest BCUT2D eigenvalue weighted by Gasteiger charge is -2.39. The van der Waals surface area contributed by atoms with Gasteiger partial charge in [-0.15, -0.1) is 0 Å². The van der Waals surface area contributed by atoms with Gasteiger partial charge in [0.1, 0.15) is 58.9 Å². The quantitative estimate of drug-likeness (QED) is 0.124. The molecule has 2 aromatic carbocycles. The van der Waals surface area contributed by atoms with Gasteiger partial charge in [0.2, 0.25) is 11.7 Å². The van der Waals surface area contributed by atoms with Crippen molar-refractivity contribution in [3.05, 3.63) is 51.9 Å². The average Bonchev–Trinajstić information content (AvgIpc) is 3.04. The van der Waals surface area contributed by atoms with Crippen molar-refractivity contribution in [1.29, 1.82) is 0 Å². The summed E-state index contributed by atoms with van der Waals surface area (Å²) >= 11 is 0. The molecule has 0 amide bonds. The maximum Gasteiger partial charge on any atom is 0.229 e. The van der Waals surface area contributed by atoms with Gasteiger partial charge in [-0.25, -0.2) is 0 Å². The topological polar surface area (TPSA) is 177 Å². The molecule has 6 N–H and O–H groups in total. The van der Waals surface area contributed by atoms with Crippen molar-refractivity contribution in [2.24, 2.45) is 23.7 Å². The van der Waals surface area contributed by atoms with Crippen LogP contribution < -0.4 is 10.2 Å². The Kier molecular flexibility index (Phi) is 13.9. The molecule has 284 valence electrons. The third kappa shape index (κ3) is 9.81. The molecule has 12 heteroatoms. The molecule has 0 aliphatic carbocycles. The number of phenolic OH excluding ortho intramolecular Hbond substituents is 2. The third-order valence-electron chi connectivity index (χ3n) is 8.88. The van der Waals surface area contributed by atoms with E-state index < -0.39 is 42.7 Å². The first-order chi connectivity index (χ1) is 24.0. The number of aliphatic hydroxyl groups excluding tert-OH is 4. The van der Waals surface area contributed by atoms with Gasteiger partial charge in [-0.2, -0.15) is 0 Å². The van der Waals surface area contributed by atoms with Crippen LogP contribution in [0.4, 0.5) is 0 Å². The lowest BCUT2D eigenvalue weighted by atomic mass is 9.97. The first-order valence-corrected chi connectivity index (χ1v) is 18.1. The number of fused-ring (bicyclic) bond motifs is 1. The number of nitrogens with zero attached hydrogens (tertiary/aromatic N) is 2. The van der Waals surface area contributed by atoms with E-state index in [0.717, 1.165) is 26.2 Å².